The Balaban J connectivity index is 1.39. The summed E-state index contributed by atoms with van der Waals surface area (Å²) in [5, 5.41) is 16.5. The number of aromatic nitrogens is 3. The van der Waals surface area contributed by atoms with Crippen molar-refractivity contribution in [3.63, 3.8) is 0 Å². The number of ether oxygens (including phenoxy) is 1. The Bertz CT molecular complexity index is 902. The van der Waals surface area contributed by atoms with Crippen molar-refractivity contribution in [2.75, 3.05) is 18.5 Å². The van der Waals surface area contributed by atoms with Crippen molar-refractivity contribution in [2.24, 2.45) is 5.92 Å². The molecule has 0 saturated carbocycles. The Hall–Kier alpha value is -3.26. The highest BCUT2D eigenvalue weighted by molar-refractivity contribution is 5.67. The van der Waals surface area contributed by atoms with Crippen LogP contribution in [0.5, 0.6) is 0 Å². The Kier molecular flexibility index (Phi) is 9.00. The summed E-state index contributed by atoms with van der Waals surface area (Å²) in [6.07, 6.45) is 4.71. The maximum Gasteiger partial charge on any atom is 0.303 e. The lowest BCUT2D eigenvalue weighted by molar-refractivity contribution is -0.138. The summed E-state index contributed by atoms with van der Waals surface area (Å²) in [6, 6.07) is 15.5. The molecule has 3 rings (SSSR count). The van der Waals surface area contributed by atoms with Crippen LogP contribution in [0.3, 0.4) is 0 Å². The summed E-state index contributed by atoms with van der Waals surface area (Å²) in [5.41, 5.74) is 1.05. The van der Waals surface area contributed by atoms with Crippen LogP contribution in [-0.2, 0) is 29.0 Å². The van der Waals surface area contributed by atoms with Crippen molar-refractivity contribution < 1.29 is 19.2 Å². The zero-order valence-electron chi connectivity index (χ0n) is 17.4. The van der Waals surface area contributed by atoms with Crippen LogP contribution in [-0.4, -0.2) is 39.4 Å². The summed E-state index contributed by atoms with van der Waals surface area (Å²) in [6.45, 7) is 1.58. The SMILES string of the molecule is O=C(O)CC(COCc1ccccc1)Cc1nc(CCCCNc2ccccn2)no1. The first-order valence-corrected chi connectivity index (χ1v) is 10.5. The summed E-state index contributed by atoms with van der Waals surface area (Å²) < 4.78 is 11.1. The number of carbonyl (C=O) groups is 1. The first-order chi connectivity index (χ1) is 15.2. The van der Waals surface area contributed by atoms with Gasteiger partial charge in [-0.05, 0) is 30.5 Å². The molecule has 0 aliphatic heterocycles. The third kappa shape index (κ3) is 8.55. The van der Waals surface area contributed by atoms with Gasteiger partial charge in [-0.3, -0.25) is 4.79 Å². The van der Waals surface area contributed by atoms with Crippen LogP contribution in [0.25, 0.3) is 0 Å². The molecule has 2 aromatic heterocycles. The third-order valence-corrected chi connectivity index (χ3v) is 4.70. The molecular weight excluding hydrogens is 396 g/mol. The van der Waals surface area contributed by atoms with Gasteiger partial charge in [-0.2, -0.15) is 4.98 Å². The maximum absolute atomic E-state index is 11.2. The van der Waals surface area contributed by atoms with E-state index >= 15 is 0 Å². The molecule has 1 aromatic carbocycles. The van der Waals surface area contributed by atoms with Crippen LogP contribution in [0.1, 0.15) is 36.5 Å². The zero-order chi connectivity index (χ0) is 21.7. The minimum absolute atomic E-state index is 0.00824. The number of benzene rings is 1. The number of aryl methyl sites for hydroxylation is 1. The Labute approximate surface area is 181 Å². The van der Waals surface area contributed by atoms with E-state index in [1.54, 1.807) is 6.20 Å². The Morgan fingerprint density at radius 3 is 2.74 bits per heavy atom. The molecule has 3 aromatic rings. The average molecular weight is 425 g/mol. The molecule has 164 valence electrons. The molecule has 0 bridgehead atoms. The topological polar surface area (TPSA) is 110 Å². The molecule has 1 unspecified atom stereocenters. The number of hydrogen-bond acceptors (Lipinski definition) is 7. The third-order valence-electron chi connectivity index (χ3n) is 4.70. The second kappa shape index (κ2) is 12.4. The number of hydrogen-bond donors (Lipinski definition) is 2. The van der Waals surface area contributed by atoms with Crippen molar-refractivity contribution in [3.8, 4) is 0 Å². The van der Waals surface area contributed by atoms with Crippen LogP contribution in [0.2, 0.25) is 0 Å². The lowest BCUT2D eigenvalue weighted by atomic mass is 10.0. The number of nitrogens with one attached hydrogen (secondary N) is 1. The molecular formula is C23H28N4O4. The van der Waals surface area contributed by atoms with Crippen LogP contribution < -0.4 is 5.32 Å². The number of aliphatic carboxylic acids is 1. The number of unbranched alkanes of at least 4 members (excludes halogenated alkanes) is 1. The molecule has 0 saturated heterocycles. The van der Waals surface area contributed by atoms with Gasteiger partial charge in [0.1, 0.15) is 5.82 Å². The van der Waals surface area contributed by atoms with Gasteiger partial charge in [0.15, 0.2) is 5.82 Å². The molecule has 0 amide bonds. The molecule has 0 spiro atoms. The number of nitrogens with zero attached hydrogens (tertiary/aromatic N) is 3. The van der Waals surface area contributed by atoms with Gasteiger partial charge >= 0.3 is 5.97 Å². The fraction of sp³-hybridized carbons (Fsp3) is 0.391. The molecule has 8 nitrogen and oxygen atoms in total. The van der Waals surface area contributed by atoms with Gasteiger partial charge in [0.2, 0.25) is 5.89 Å². The highest BCUT2D eigenvalue weighted by atomic mass is 16.5. The summed E-state index contributed by atoms with van der Waals surface area (Å²) in [4.78, 5) is 19.9. The van der Waals surface area contributed by atoms with E-state index in [1.165, 1.54) is 0 Å². The van der Waals surface area contributed by atoms with E-state index in [2.05, 4.69) is 20.4 Å². The smallest absolute Gasteiger partial charge is 0.303 e. The lowest BCUT2D eigenvalue weighted by Gasteiger charge is -2.13. The van der Waals surface area contributed by atoms with Crippen molar-refractivity contribution in [2.45, 2.75) is 38.7 Å². The number of carboxylic acid groups (broad SMARTS) is 1. The fourth-order valence-corrected chi connectivity index (χ4v) is 3.17. The molecule has 0 radical (unpaired) electrons. The van der Waals surface area contributed by atoms with Crippen molar-refractivity contribution >= 4 is 11.8 Å². The minimum Gasteiger partial charge on any atom is -0.481 e. The van der Waals surface area contributed by atoms with Crippen LogP contribution in [0.15, 0.2) is 59.3 Å². The van der Waals surface area contributed by atoms with Crippen molar-refractivity contribution in [3.05, 3.63) is 72.0 Å². The van der Waals surface area contributed by atoms with Gasteiger partial charge in [0.25, 0.3) is 0 Å². The molecule has 2 heterocycles. The standard InChI is InChI=1S/C23H28N4O4/c28-23(29)15-19(17-30-16-18-8-2-1-3-9-18)14-22-26-21(27-31-22)11-5-7-13-25-20-10-4-6-12-24-20/h1-4,6,8-10,12,19H,5,7,11,13-17H2,(H,24,25)(H,28,29). The lowest BCUT2D eigenvalue weighted by Crippen LogP contribution is -2.17. The summed E-state index contributed by atoms with van der Waals surface area (Å²) >= 11 is 0. The van der Waals surface area contributed by atoms with E-state index in [4.69, 9.17) is 9.26 Å². The summed E-state index contributed by atoms with van der Waals surface area (Å²) in [7, 11) is 0. The van der Waals surface area contributed by atoms with E-state index in [-0.39, 0.29) is 12.3 Å². The van der Waals surface area contributed by atoms with E-state index in [0.29, 0.717) is 37.8 Å². The largest absolute Gasteiger partial charge is 0.481 e. The van der Waals surface area contributed by atoms with Gasteiger partial charge in [-0.15, -0.1) is 0 Å². The zero-order valence-corrected chi connectivity index (χ0v) is 17.4. The van der Waals surface area contributed by atoms with E-state index in [0.717, 1.165) is 30.8 Å². The van der Waals surface area contributed by atoms with Crippen molar-refractivity contribution in [1.82, 2.24) is 15.1 Å². The highest BCUT2D eigenvalue weighted by Gasteiger charge is 2.18. The predicted octanol–water partition coefficient (Wildman–Crippen LogP) is 3.75. The molecule has 0 fully saturated rings. The fourth-order valence-electron chi connectivity index (χ4n) is 3.17. The molecule has 8 heteroatoms. The number of anilines is 1. The first-order valence-electron chi connectivity index (χ1n) is 10.5. The van der Waals surface area contributed by atoms with Crippen LogP contribution >= 0.6 is 0 Å². The number of pyridine rings is 1. The van der Waals surface area contributed by atoms with Crippen molar-refractivity contribution in [1.29, 1.82) is 0 Å². The molecule has 31 heavy (non-hydrogen) atoms. The Morgan fingerprint density at radius 2 is 1.97 bits per heavy atom. The van der Waals surface area contributed by atoms with E-state index in [9.17, 15) is 9.90 Å². The molecule has 0 aliphatic rings. The van der Waals surface area contributed by atoms with Crippen LogP contribution in [0.4, 0.5) is 5.82 Å². The molecule has 0 aliphatic carbocycles. The average Bonchev–Trinajstić information content (AvgIpc) is 3.21. The van der Waals surface area contributed by atoms with Gasteiger partial charge in [0.05, 0.1) is 19.6 Å². The van der Waals surface area contributed by atoms with E-state index < -0.39 is 5.97 Å². The van der Waals surface area contributed by atoms with Gasteiger partial charge in [0, 0.05) is 31.5 Å². The number of carboxylic acids is 1. The van der Waals surface area contributed by atoms with Gasteiger partial charge < -0.3 is 19.7 Å². The first kappa shape index (κ1) is 22.4. The minimum atomic E-state index is -0.867. The quantitative estimate of drug-likeness (QED) is 0.377. The molecule has 2 N–H and O–H groups in total. The maximum atomic E-state index is 11.2. The van der Waals surface area contributed by atoms with Crippen LogP contribution in [0, 0.1) is 5.92 Å². The second-order valence-electron chi connectivity index (χ2n) is 7.37. The molecule has 1 atom stereocenters. The van der Waals surface area contributed by atoms with E-state index in [1.807, 2.05) is 48.5 Å². The number of rotatable bonds is 14. The normalized spacial score (nSPS) is 11.9. The predicted molar refractivity (Wildman–Crippen MR) is 116 cm³/mol. The van der Waals surface area contributed by atoms with Gasteiger partial charge in [-0.1, -0.05) is 41.6 Å². The Morgan fingerprint density at radius 1 is 1.13 bits per heavy atom. The second-order valence-corrected chi connectivity index (χ2v) is 7.37. The monoisotopic (exact) mass is 424 g/mol. The highest BCUT2D eigenvalue weighted by Crippen LogP contribution is 2.14. The summed E-state index contributed by atoms with van der Waals surface area (Å²) in [5.74, 6) is 0.872. The van der Waals surface area contributed by atoms with Gasteiger partial charge in [-0.25, -0.2) is 4.98 Å².